The van der Waals surface area contributed by atoms with Gasteiger partial charge in [-0.2, -0.15) is 0 Å². The summed E-state index contributed by atoms with van der Waals surface area (Å²) in [4.78, 5) is 46.9. The van der Waals surface area contributed by atoms with Gasteiger partial charge in [-0.3, -0.25) is 9.59 Å². The molecule has 1 saturated heterocycles. The van der Waals surface area contributed by atoms with Crippen LogP contribution in [0.1, 0.15) is 74.6 Å². The van der Waals surface area contributed by atoms with Crippen molar-refractivity contribution in [3.8, 4) is 5.75 Å². The number of nitrogens with zero attached hydrogens (tertiary/aromatic N) is 3. The van der Waals surface area contributed by atoms with Crippen LogP contribution in [-0.4, -0.2) is 59.5 Å². The van der Waals surface area contributed by atoms with Crippen LogP contribution in [0.15, 0.2) is 60.8 Å². The van der Waals surface area contributed by atoms with Gasteiger partial charge in [0, 0.05) is 61.6 Å². The minimum Gasteiger partial charge on any atom is -0.487 e. The van der Waals surface area contributed by atoms with E-state index in [9.17, 15) is 14.4 Å². The maximum atomic E-state index is 12.6. The van der Waals surface area contributed by atoms with Crippen molar-refractivity contribution in [3.05, 3.63) is 83.2 Å². The fourth-order valence-electron chi connectivity index (χ4n) is 5.62. The predicted octanol–water partition coefficient (Wildman–Crippen LogP) is 4.81. The molecule has 1 aromatic heterocycles. The lowest BCUT2D eigenvalue weighted by Gasteiger charge is -2.54. The summed E-state index contributed by atoms with van der Waals surface area (Å²) >= 11 is 0. The summed E-state index contributed by atoms with van der Waals surface area (Å²) in [6, 6.07) is 17.4. The Balaban J connectivity index is 1.10. The molecule has 1 spiro atoms. The van der Waals surface area contributed by atoms with Crippen LogP contribution in [0.3, 0.4) is 0 Å². The number of carbonyl (C=O) groups excluding carboxylic acids is 3. The number of rotatable bonds is 10. The molecule has 1 aliphatic heterocycles. The van der Waals surface area contributed by atoms with Crippen LogP contribution in [0, 0.1) is 5.41 Å². The molecule has 0 bridgehead atoms. The van der Waals surface area contributed by atoms with Crippen molar-refractivity contribution in [2.45, 2.75) is 65.1 Å². The standard InChI is InChI=1S/C34H41N5O5/c1-32(2,3)44-31(42)37-17-16-35-29(41)23-6-8-24(9-7-23)33(4,5)25-10-12-28(13-11-25)43-20-26-14-15-36-30(38-26)39-21-34(22-39)18-27(40)19-34/h6-15H,16-22H2,1-5H3,(H,35,41)(H,37,42). The summed E-state index contributed by atoms with van der Waals surface area (Å²) < 4.78 is 11.2. The fourth-order valence-corrected chi connectivity index (χ4v) is 5.62. The van der Waals surface area contributed by atoms with E-state index in [-0.39, 0.29) is 23.3 Å². The molecule has 0 radical (unpaired) electrons. The minimum absolute atomic E-state index is 0.155. The smallest absolute Gasteiger partial charge is 0.407 e. The second-order valence-electron chi connectivity index (χ2n) is 13.3. The number of aromatic nitrogens is 2. The molecule has 2 heterocycles. The molecule has 44 heavy (non-hydrogen) atoms. The van der Waals surface area contributed by atoms with E-state index in [0.29, 0.717) is 43.3 Å². The third-order valence-corrected chi connectivity index (χ3v) is 8.09. The lowest BCUT2D eigenvalue weighted by atomic mass is 9.63. The van der Waals surface area contributed by atoms with Gasteiger partial charge in [-0.1, -0.05) is 38.1 Å². The van der Waals surface area contributed by atoms with E-state index in [1.807, 2.05) is 42.5 Å². The molecular formula is C34H41N5O5. The van der Waals surface area contributed by atoms with E-state index in [1.165, 1.54) is 0 Å². The predicted molar refractivity (Wildman–Crippen MR) is 167 cm³/mol. The molecule has 2 aromatic carbocycles. The molecular weight excluding hydrogens is 558 g/mol. The molecule has 2 N–H and O–H groups in total. The number of hydrogen-bond acceptors (Lipinski definition) is 8. The van der Waals surface area contributed by atoms with Crippen LogP contribution in [0.25, 0.3) is 0 Å². The molecule has 10 heteroatoms. The van der Waals surface area contributed by atoms with E-state index in [1.54, 1.807) is 27.0 Å². The van der Waals surface area contributed by atoms with Crippen LogP contribution < -0.4 is 20.3 Å². The number of carbonyl (C=O) groups is 3. The normalized spacial score (nSPS) is 15.7. The molecule has 2 amide bonds. The van der Waals surface area contributed by atoms with Crippen LogP contribution >= 0.6 is 0 Å². The van der Waals surface area contributed by atoms with Gasteiger partial charge >= 0.3 is 6.09 Å². The first kappa shape index (κ1) is 31.0. The number of nitrogens with one attached hydrogen (secondary N) is 2. The number of ketones is 1. The van der Waals surface area contributed by atoms with Gasteiger partial charge in [0.1, 0.15) is 23.7 Å². The molecule has 1 saturated carbocycles. The highest BCUT2D eigenvalue weighted by atomic mass is 16.6. The van der Waals surface area contributed by atoms with Gasteiger partial charge < -0.3 is 25.0 Å². The molecule has 0 atom stereocenters. The summed E-state index contributed by atoms with van der Waals surface area (Å²) in [6.07, 6.45) is 2.60. The average Bonchev–Trinajstić information content (AvgIpc) is 2.95. The number of benzene rings is 2. The maximum absolute atomic E-state index is 12.6. The number of anilines is 1. The summed E-state index contributed by atoms with van der Waals surface area (Å²) in [5.41, 5.74) is 2.82. The molecule has 2 fully saturated rings. The maximum Gasteiger partial charge on any atom is 0.407 e. The van der Waals surface area contributed by atoms with Crippen LogP contribution in [0.2, 0.25) is 0 Å². The minimum atomic E-state index is -0.569. The van der Waals surface area contributed by atoms with Crippen molar-refractivity contribution in [2.24, 2.45) is 5.41 Å². The van der Waals surface area contributed by atoms with Gasteiger partial charge in [0.2, 0.25) is 5.95 Å². The Labute approximate surface area is 258 Å². The number of hydrogen-bond donors (Lipinski definition) is 2. The van der Waals surface area contributed by atoms with Crippen molar-refractivity contribution in [1.82, 2.24) is 20.6 Å². The highest BCUT2D eigenvalue weighted by molar-refractivity contribution is 5.94. The first-order chi connectivity index (χ1) is 20.8. The van der Waals surface area contributed by atoms with E-state index in [2.05, 4.69) is 51.5 Å². The SMILES string of the molecule is CC(C)(C)OC(=O)NCCNC(=O)c1ccc(C(C)(C)c2ccc(OCc3ccnc(N4CC5(CC(=O)C5)C4)n3)cc2)cc1. The molecule has 2 aliphatic rings. The largest absolute Gasteiger partial charge is 0.487 e. The molecule has 5 rings (SSSR count). The Morgan fingerprint density at radius 3 is 2.11 bits per heavy atom. The number of ether oxygens (including phenoxy) is 2. The Bertz CT molecular complexity index is 1500. The van der Waals surface area contributed by atoms with Crippen molar-refractivity contribution < 1.29 is 23.9 Å². The van der Waals surface area contributed by atoms with Crippen LogP contribution in [0.5, 0.6) is 5.75 Å². The van der Waals surface area contributed by atoms with Gasteiger partial charge in [0.15, 0.2) is 0 Å². The Morgan fingerprint density at radius 2 is 1.50 bits per heavy atom. The van der Waals surface area contributed by atoms with Gasteiger partial charge in [-0.15, -0.1) is 0 Å². The Hall–Kier alpha value is -4.47. The van der Waals surface area contributed by atoms with E-state index in [0.717, 1.165) is 35.7 Å². The molecule has 3 aromatic rings. The topological polar surface area (TPSA) is 123 Å². The highest BCUT2D eigenvalue weighted by Gasteiger charge is 2.52. The third kappa shape index (κ3) is 7.35. The zero-order chi connectivity index (χ0) is 31.5. The molecule has 0 unspecified atom stereocenters. The van der Waals surface area contributed by atoms with Crippen molar-refractivity contribution in [2.75, 3.05) is 31.1 Å². The van der Waals surface area contributed by atoms with Crippen LogP contribution in [0.4, 0.5) is 10.7 Å². The Kier molecular flexibility index (Phi) is 8.63. The van der Waals surface area contributed by atoms with Gasteiger partial charge in [-0.25, -0.2) is 14.8 Å². The second-order valence-corrected chi connectivity index (χ2v) is 13.3. The first-order valence-corrected chi connectivity index (χ1v) is 15.0. The van der Waals surface area contributed by atoms with E-state index in [4.69, 9.17) is 9.47 Å². The number of Topliss-reactive ketones (excluding diaryl/α,β-unsaturated/α-hetero) is 1. The summed E-state index contributed by atoms with van der Waals surface area (Å²) in [5.74, 6) is 1.57. The average molecular weight is 600 g/mol. The monoisotopic (exact) mass is 599 g/mol. The van der Waals surface area contributed by atoms with Gasteiger partial charge in [0.05, 0.1) is 5.69 Å². The zero-order valence-electron chi connectivity index (χ0n) is 26.1. The van der Waals surface area contributed by atoms with Crippen molar-refractivity contribution in [3.63, 3.8) is 0 Å². The third-order valence-electron chi connectivity index (χ3n) is 8.09. The second kappa shape index (κ2) is 12.3. The van der Waals surface area contributed by atoms with Gasteiger partial charge in [-0.05, 0) is 62.2 Å². The lowest BCUT2D eigenvalue weighted by molar-refractivity contribution is -0.134. The summed E-state index contributed by atoms with van der Waals surface area (Å²) in [7, 11) is 0. The van der Waals surface area contributed by atoms with Crippen LogP contribution in [-0.2, 0) is 21.6 Å². The summed E-state index contributed by atoms with van der Waals surface area (Å²) in [6.45, 7) is 12.2. The number of alkyl carbamates (subject to hydrolysis) is 1. The van der Waals surface area contributed by atoms with E-state index < -0.39 is 11.7 Å². The molecule has 232 valence electrons. The van der Waals surface area contributed by atoms with Gasteiger partial charge in [0.25, 0.3) is 5.91 Å². The molecule has 1 aliphatic carbocycles. The summed E-state index contributed by atoms with van der Waals surface area (Å²) in [5, 5.41) is 5.45. The zero-order valence-corrected chi connectivity index (χ0v) is 26.1. The van der Waals surface area contributed by atoms with E-state index >= 15 is 0 Å². The quantitative estimate of drug-likeness (QED) is 0.319. The highest BCUT2D eigenvalue weighted by Crippen LogP contribution is 2.46. The first-order valence-electron chi connectivity index (χ1n) is 15.0. The Morgan fingerprint density at radius 1 is 0.886 bits per heavy atom. The molecule has 10 nitrogen and oxygen atoms in total. The van der Waals surface area contributed by atoms with Crippen molar-refractivity contribution in [1.29, 1.82) is 0 Å². The van der Waals surface area contributed by atoms with Crippen molar-refractivity contribution >= 4 is 23.7 Å². The fraction of sp³-hybridized carbons (Fsp3) is 0.441. The lowest BCUT2D eigenvalue weighted by Crippen LogP contribution is -2.63. The number of amides is 2.